The van der Waals surface area contributed by atoms with E-state index in [9.17, 15) is 15.1 Å². The van der Waals surface area contributed by atoms with Crippen LogP contribution in [0, 0.1) is 0 Å². The molecule has 0 unspecified atom stereocenters. The molecule has 0 aliphatic heterocycles. The van der Waals surface area contributed by atoms with Crippen LogP contribution in [0.1, 0.15) is 45.2 Å². The lowest BCUT2D eigenvalue weighted by molar-refractivity contribution is 0.670. The molecule has 0 fully saturated rings. The monoisotopic (exact) mass is 696 g/mol. The van der Waals surface area contributed by atoms with Crippen LogP contribution in [0.2, 0.25) is 0 Å². The molecule has 1 aromatic heterocycles. The van der Waals surface area contributed by atoms with Crippen molar-refractivity contribution in [3.05, 3.63) is 199 Å². The van der Waals surface area contributed by atoms with E-state index in [4.69, 9.17) is 34.6 Å². The molecule has 0 atom stereocenters. The Morgan fingerprint density at radius 3 is 1.79 bits per heavy atom. The predicted molar refractivity (Wildman–Crippen MR) is 220 cm³/mol. The first-order chi connectivity index (χ1) is 39.5. The third-order valence-electron chi connectivity index (χ3n) is 7.99. The van der Waals surface area contributed by atoms with Crippen molar-refractivity contribution in [3.8, 4) is 33.4 Å². The van der Waals surface area contributed by atoms with E-state index in [1.54, 1.807) is 0 Å². The van der Waals surface area contributed by atoms with Crippen molar-refractivity contribution in [2.45, 2.75) is 0 Å². The molecule has 0 aliphatic carbocycles. The Balaban J connectivity index is 1.57. The van der Waals surface area contributed by atoms with Gasteiger partial charge in [0.05, 0.1) is 62.0 Å². The fourth-order valence-electron chi connectivity index (χ4n) is 5.87. The van der Waals surface area contributed by atoms with Crippen molar-refractivity contribution in [2.24, 2.45) is 0 Å². The van der Waals surface area contributed by atoms with E-state index >= 15 is 0 Å². The fraction of sp³-hybridized carbons (Fsp3) is 0. The van der Waals surface area contributed by atoms with Gasteiger partial charge in [-0.05, 0) is 86.1 Å². The van der Waals surface area contributed by atoms with Crippen molar-refractivity contribution in [1.82, 2.24) is 0 Å². The van der Waals surface area contributed by atoms with Crippen LogP contribution in [0.25, 0.3) is 76.9 Å². The average Bonchev–Trinajstić information content (AvgIpc) is 1.73. The third-order valence-corrected chi connectivity index (χ3v) is 7.99. The van der Waals surface area contributed by atoms with E-state index in [0.717, 1.165) is 0 Å². The Hall–Kier alpha value is -6.90. The zero-order valence-electron chi connectivity index (χ0n) is 58.9. The molecule has 0 aliphatic rings. The van der Waals surface area contributed by atoms with Crippen LogP contribution in [0.5, 0.6) is 0 Å². The fourth-order valence-corrected chi connectivity index (χ4v) is 5.87. The lowest BCUT2D eigenvalue weighted by Crippen LogP contribution is -2.11. The molecule has 52 heavy (non-hydrogen) atoms. The van der Waals surface area contributed by atoms with Gasteiger partial charge in [-0.25, -0.2) is 0 Å². The highest BCUT2D eigenvalue weighted by Crippen LogP contribution is 2.50. The standard InChI is InChI=1S/C50H33NO/c1-3-17-34(18-4-1)37-22-9-10-25-40(37)42-27-13-15-29-46(42)51(36-20-5-2-6-21-36)47-32-31-43(50-49(47)44-28-14-16-30-48(44)52-50)45-33-35-19-7-8-23-38(35)39-24-11-12-26-41(39)45/h1-33H/i1D,2D,3D,4D,5D,6D,7D,8D,9D,10D,11D,12D,13D,14D,15D,16D,17D,18D,19D,20D,21D,22D,23D,24D,25D,26D,27D,28D,29D,30D,31D,32D,33D. The van der Waals surface area contributed by atoms with Crippen LogP contribution in [0.15, 0.2) is 204 Å². The number of hydrogen-bond donors (Lipinski definition) is 0. The van der Waals surface area contributed by atoms with E-state index in [0.29, 0.717) is 4.90 Å². The molecule has 10 aromatic rings. The van der Waals surface area contributed by atoms with Gasteiger partial charge in [0.2, 0.25) is 0 Å². The molecular weight excluding hydrogens is 631 g/mol. The van der Waals surface area contributed by atoms with Crippen molar-refractivity contribution in [1.29, 1.82) is 0 Å². The maximum Gasteiger partial charge on any atom is 0.145 e. The molecule has 0 radical (unpaired) electrons. The van der Waals surface area contributed by atoms with Gasteiger partial charge >= 0.3 is 0 Å². The summed E-state index contributed by atoms with van der Waals surface area (Å²) in [6, 6.07) is -36.7. The van der Waals surface area contributed by atoms with Gasteiger partial charge in [-0.1, -0.05) is 157 Å². The second kappa shape index (κ2) is 12.5. The van der Waals surface area contributed by atoms with Gasteiger partial charge in [0, 0.05) is 22.2 Å². The summed E-state index contributed by atoms with van der Waals surface area (Å²) in [7, 11) is 0. The maximum absolute atomic E-state index is 10.2. The molecule has 0 bridgehead atoms. The molecule has 10 rings (SSSR count). The lowest BCUT2D eigenvalue weighted by atomic mass is 9.91. The largest absolute Gasteiger partial charge is 0.455 e. The highest BCUT2D eigenvalue weighted by Gasteiger charge is 2.25. The highest BCUT2D eigenvalue weighted by molar-refractivity contribution is 6.21. The predicted octanol–water partition coefficient (Wildman–Crippen LogP) is 14.4. The molecule has 0 saturated heterocycles. The molecule has 2 heteroatoms. The number of fused-ring (bicyclic) bond motifs is 6. The van der Waals surface area contributed by atoms with Gasteiger partial charge in [0.1, 0.15) is 11.2 Å². The summed E-state index contributed by atoms with van der Waals surface area (Å²) in [4.78, 5) is 0.339. The minimum absolute atomic E-state index is 0.339. The zero-order valence-corrected chi connectivity index (χ0v) is 25.9. The summed E-state index contributed by atoms with van der Waals surface area (Å²) in [6.45, 7) is 0. The van der Waals surface area contributed by atoms with Crippen molar-refractivity contribution < 1.29 is 49.7 Å². The molecule has 0 amide bonds. The van der Waals surface area contributed by atoms with Crippen LogP contribution < -0.4 is 4.90 Å². The number of para-hydroxylation sites is 3. The molecule has 244 valence electrons. The first-order valence-electron chi connectivity index (χ1n) is 31.6. The van der Waals surface area contributed by atoms with E-state index < -0.39 is 293 Å². The molecular formula is C50H33NO. The SMILES string of the molecule is [2H]c1c([2H])c([2H])c(-c2c([2H])c([2H])c([2H])c([2H])c2-c2c([2H])c([2H])c([2H])c([2H])c2N(c2c([2H])c([2H])c([2H])c([2H])c2[2H])c2c([2H])c([2H])c(-c3c([2H])c4c([2H])c([2H])c([2H])c([2H])c4c4c([2H])c([2H])c([2H])c([2H])c34)c3oc4c([2H])c([2H])c([2H])c([2H])c4c23)c([2H])c1[2H]. The second-order valence-electron chi connectivity index (χ2n) is 10.8. The first kappa shape index (κ1) is 11.6. The molecule has 1 heterocycles. The lowest BCUT2D eigenvalue weighted by Gasteiger charge is -2.29. The van der Waals surface area contributed by atoms with Crippen LogP contribution in [0.3, 0.4) is 0 Å². The number of benzene rings is 9. The minimum atomic E-state index is -1.37. The summed E-state index contributed by atoms with van der Waals surface area (Å²) in [6.07, 6.45) is 0. The van der Waals surface area contributed by atoms with Gasteiger partial charge in [0.25, 0.3) is 0 Å². The zero-order chi connectivity index (χ0) is 63.2. The topological polar surface area (TPSA) is 16.4 Å². The number of hydrogen-bond acceptors (Lipinski definition) is 2. The maximum atomic E-state index is 10.2. The van der Waals surface area contributed by atoms with Gasteiger partial charge in [-0.2, -0.15) is 0 Å². The minimum Gasteiger partial charge on any atom is -0.455 e. The van der Waals surface area contributed by atoms with Crippen molar-refractivity contribution in [2.75, 3.05) is 4.90 Å². The molecule has 0 saturated carbocycles. The van der Waals surface area contributed by atoms with E-state index in [-0.39, 0.29) is 0 Å². The summed E-state index contributed by atoms with van der Waals surface area (Å²) in [5, 5.41) is -4.52. The van der Waals surface area contributed by atoms with Gasteiger partial charge in [-0.3, -0.25) is 0 Å². The number of furan rings is 1. The molecule has 0 spiro atoms. The Morgan fingerprint density at radius 2 is 0.981 bits per heavy atom. The van der Waals surface area contributed by atoms with Crippen LogP contribution in [0.4, 0.5) is 17.1 Å². The third kappa shape index (κ3) is 4.88. The normalized spacial score (nSPS) is 20.3. The quantitative estimate of drug-likeness (QED) is 0.161. The van der Waals surface area contributed by atoms with E-state index in [2.05, 4.69) is 0 Å². The summed E-state index contributed by atoms with van der Waals surface area (Å²) in [5.41, 5.74) is -11.6. The van der Waals surface area contributed by atoms with E-state index in [1.807, 2.05) is 0 Å². The average molecular weight is 697 g/mol. The Morgan fingerprint density at radius 1 is 0.385 bits per heavy atom. The molecule has 0 N–H and O–H groups in total. The van der Waals surface area contributed by atoms with Crippen LogP contribution in [-0.4, -0.2) is 0 Å². The second-order valence-corrected chi connectivity index (χ2v) is 10.8. The highest BCUT2D eigenvalue weighted by atomic mass is 16.3. The first-order valence-corrected chi connectivity index (χ1v) is 15.1. The number of anilines is 3. The molecule has 2 nitrogen and oxygen atoms in total. The number of rotatable bonds is 6. The summed E-state index contributed by atoms with van der Waals surface area (Å²) < 4.78 is 306. The van der Waals surface area contributed by atoms with Gasteiger partial charge in [0.15, 0.2) is 0 Å². The Bertz CT molecular complexity index is 4760. The molecule has 9 aromatic carbocycles. The van der Waals surface area contributed by atoms with E-state index in [1.165, 1.54) is 0 Å². The van der Waals surface area contributed by atoms with Crippen molar-refractivity contribution >= 4 is 60.5 Å². The van der Waals surface area contributed by atoms with Crippen LogP contribution >= 0.6 is 0 Å². The summed E-state index contributed by atoms with van der Waals surface area (Å²) in [5.74, 6) is 0. The van der Waals surface area contributed by atoms with Crippen molar-refractivity contribution in [3.63, 3.8) is 0 Å². The van der Waals surface area contributed by atoms with Crippen LogP contribution in [-0.2, 0) is 0 Å². The van der Waals surface area contributed by atoms with Gasteiger partial charge < -0.3 is 9.32 Å². The Kier molecular flexibility index (Phi) is 2.77. The Labute approximate surface area is 348 Å². The van der Waals surface area contributed by atoms with Gasteiger partial charge in [-0.15, -0.1) is 0 Å². The number of nitrogens with zero attached hydrogens (tertiary/aromatic N) is 1. The summed E-state index contributed by atoms with van der Waals surface area (Å²) >= 11 is 0. The smallest absolute Gasteiger partial charge is 0.145 e.